The minimum atomic E-state index is -0.194. The molecule has 0 aliphatic heterocycles. The first-order valence-corrected chi connectivity index (χ1v) is 6.23. The zero-order chi connectivity index (χ0) is 13.7. The second-order valence-corrected chi connectivity index (χ2v) is 4.20. The lowest BCUT2D eigenvalue weighted by Crippen LogP contribution is -2.12. The number of rotatable bonds is 5. The third kappa shape index (κ3) is 3.29. The van der Waals surface area contributed by atoms with E-state index in [4.69, 9.17) is 4.74 Å². The first-order valence-electron chi connectivity index (χ1n) is 6.23. The fourth-order valence-electron chi connectivity index (χ4n) is 1.84. The molecule has 2 aromatic rings. The third-order valence-corrected chi connectivity index (χ3v) is 2.89. The van der Waals surface area contributed by atoms with Crippen molar-refractivity contribution in [2.24, 2.45) is 0 Å². The predicted octanol–water partition coefficient (Wildman–Crippen LogP) is 3.01. The summed E-state index contributed by atoms with van der Waals surface area (Å²) in [4.78, 5) is 4.11. The molecule has 1 aromatic heterocycles. The number of methoxy groups -OCH3 is 1. The van der Waals surface area contributed by atoms with Crippen molar-refractivity contribution >= 4 is 0 Å². The van der Waals surface area contributed by atoms with Gasteiger partial charge in [0.2, 0.25) is 0 Å². The molecule has 19 heavy (non-hydrogen) atoms. The van der Waals surface area contributed by atoms with Crippen LogP contribution in [0.3, 0.4) is 0 Å². The molecule has 0 aliphatic rings. The molecule has 0 aliphatic carbocycles. The zero-order valence-electron chi connectivity index (χ0n) is 11.1. The van der Waals surface area contributed by atoms with Crippen molar-refractivity contribution in [3.8, 4) is 16.9 Å². The van der Waals surface area contributed by atoms with Gasteiger partial charge in [-0.05, 0) is 30.3 Å². The quantitative estimate of drug-likeness (QED) is 0.897. The number of nitrogens with one attached hydrogen (secondary N) is 1. The van der Waals surface area contributed by atoms with Gasteiger partial charge in [-0.2, -0.15) is 0 Å². The summed E-state index contributed by atoms with van der Waals surface area (Å²) in [6, 6.07) is 6.97. The van der Waals surface area contributed by atoms with Crippen LogP contribution in [-0.4, -0.2) is 18.6 Å². The monoisotopic (exact) mass is 260 g/mol. The van der Waals surface area contributed by atoms with Gasteiger partial charge >= 0.3 is 0 Å². The van der Waals surface area contributed by atoms with E-state index in [2.05, 4.69) is 10.3 Å². The minimum Gasteiger partial charge on any atom is -0.495 e. The van der Waals surface area contributed by atoms with E-state index in [9.17, 15) is 4.39 Å². The number of pyridine rings is 1. The molecule has 1 heterocycles. The number of hydrogen-bond acceptors (Lipinski definition) is 3. The Morgan fingerprint density at radius 3 is 2.79 bits per heavy atom. The second kappa shape index (κ2) is 6.29. The minimum absolute atomic E-state index is 0.194. The first-order chi connectivity index (χ1) is 9.24. The molecule has 0 radical (unpaired) electrons. The molecule has 1 aromatic carbocycles. The molecule has 100 valence electrons. The summed E-state index contributed by atoms with van der Waals surface area (Å²) < 4.78 is 18.8. The van der Waals surface area contributed by atoms with Crippen molar-refractivity contribution in [1.29, 1.82) is 0 Å². The van der Waals surface area contributed by atoms with E-state index < -0.39 is 0 Å². The zero-order valence-corrected chi connectivity index (χ0v) is 11.1. The average molecular weight is 260 g/mol. The fourth-order valence-corrected chi connectivity index (χ4v) is 1.84. The Labute approximate surface area is 112 Å². The van der Waals surface area contributed by atoms with Crippen LogP contribution in [0.25, 0.3) is 11.1 Å². The summed E-state index contributed by atoms with van der Waals surface area (Å²) in [5, 5.41) is 3.13. The highest BCUT2D eigenvalue weighted by molar-refractivity contribution is 5.64. The van der Waals surface area contributed by atoms with Gasteiger partial charge in [-0.25, -0.2) is 4.39 Å². The Kier molecular flexibility index (Phi) is 4.47. The molecule has 0 spiro atoms. The highest BCUT2D eigenvalue weighted by Gasteiger charge is 2.06. The number of nitrogens with zero attached hydrogens (tertiary/aromatic N) is 1. The first kappa shape index (κ1) is 13.5. The molecular weight excluding hydrogens is 243 g/mol. The topological polar surface area (TPSA) is 34.2 Å². The summed E-state index contributed by atoms with van der Waals surface area (Å²) in [5.74, 6) is 0.496. The second-order valence-electron chi connectivity index (χ2n) is 4.20. The summed E-state index contributed by atoms with van der Waals surface area (Å²) in [6.07, 6.45) is 3.39. The lowest BCUT2D eigenvalue weighted by molar-refractivity contribution is 0.413. The molecular formula is C15H17FN2O. The van der Waals surface area contributed by atoms with Crippen molar-refractivity contribution in [1.82, 2.24) is 10.3 Å². The lowest BCUT2D eigenvalue weighted by atomic mass is 10.0. The highest BCUT2D eigenvalue weighted by atomic mass is 19.1. The molecule has 0 saturated heterocycles. The van der Waals surface area contributed by atoms with Gasteiger partial charge in [0.25, 0.3) is 0 Å². The molecule has 0 unspecified atom stereocenters. The van der Waals surface area contributed by atoms with Gasteiger partial charge in [0.15, 0.2) is 0 Å². The molecule has 0 saturated carbocycles. The summed E-state index contributed by atoms with van der Waals surface area (Å²) in [5.41, 5.74) is 2.50. The van der Waals surface area contributed by atoms with Crippen molar-refractivity contribution in [3.05, 3.63) is 48.0 Å². The van der Waals surface area contributed by atoms with Crippen LogP contribution < -0.4 is 10.1 Å². The van der Waals surface area contributed by atoms with Crippen LogP contribution in [0.1, 0.15) is 12.5 Å². The van der Waals surface area contributed by atoms with Gasteiger partial charge in [-0.3, -0.25) is 4.98 Å². The normalized spacial score (nSPS) is 10.5. The Morgan fingerprint density at radius 2 is 2.05 bits per heavy atom. The lowest BCUT2D eigenvalue weighted by Gasteiger charge is -2.08. The van der Waals surface area contributed by atoms with E-state index in [0.717, 1.165) is 17.7 Å². The maximum atomic E-state index is 13.7. The van der Waals surface area contributed by atoms with E-state index >= 15 is 0 Å². The van der Waals surface area contributed by atoms with Gasteiger partial charge in [-0.1, -0.05) is 13.0 Å². The molecule has 0 bridgehead atoms. The Hall–Kier alpha value is -1.94. The molecule has 4 heteroatoms. The fraction of sp³-hybridized carbons (Fsp3) is 0.267. The summed E-state index contributed by atoms with van der Waals surface area (Å²) in [6.45, 7) is 3.33. The van der Waals surface area contributed by atoms with Gasteiger partial charge < -0.3 is 10.1 Å². The number of benzene rings is 1. The van der Waals surface area contributed by atoms with Crippen LogP contribution in [0, 0.1) is 5.82 Å². The standard InChI is InChI=1S/C15H17FN2O/c1-3-17-9-13-6-11(4-5-15(13)16)12-7-14(19-2)10-18-8-12/h4-8,10,17H,3,9H2,1-2H3. The van der Waals surface area contributed by atoms with Crippen molar-refractivity contribution < 1.29 is 9.13 Å². The Balaban J connectivity index is 2.33. The smallest absolute Gasteiger partial charge is 0.137 e. The predicted molar refractivity (Wildman–Crippen MR) is 73.6 cm³/mol. The van der Waals surface area contributed by atoms with E-state index in [1.54, 1.807) is 25.6 Å². The van der Waals surface area contributed by atoms with Gasteiger partial charge in [0.1, 0.15) is 11.6 Å². The summed E-state index contributed by atoms with van der Waals surface area (Å²) >= 11 is 0. The van der Waals surface area contributed by atoms with E-state index in [1.165, 1.54) is 6.07 Å². The van der Waals surface area contributed by atoms with Gasteiger partial charge in [0.05, 0.1) is 13.3 Å². The van der Waals surface area contributed by atoms with E-state index in [-0.39, 0.29) is 5.82 Å². The number of aromatic nitrogens is 1. The largest absolute Gasteiger partial charge is 0.495 e. The van der Waals surface area contributed by atoms with Crippen LogP contribution in [0.4, 0.5) is 4.39 Å². The average Bonchev–Trinajstić information content (AvgIpc) is 2.46. The van der Waals surface area contributed by atoms with Crippen LogP contribution in [0.5, 0.6) is 5.75 Å². The molecule has 0 fully saturated rings. The molecule has 3 nitrogen and oxygen atoms in total. The maximum Gasteiger partial charge on any atom is 0.137 e. The maximum absolute atomic E-state index is 13.7. The summed E-state index contributed by atoms with van der Waals surface area (Å²) in [7, 11) is 1.60. The number of hydrogen-bond donors (Lipinski definition) is 1. The Morgan fingerprint density at radius 1 is 1.21 bits per heavy atom. The Bertz CT molecular complexity index is 558. The third-order valence-electron chi connectivity index (χ3n) is 2.89. The van der Waals surface area contributed by atoms with E-state index in [1.807, 2.05) is 19.1 Å². The van der Waals surface area contributed by atoms with Crippen molar-refractivity contribution in [2.45, 2.75) is 13.5 Å². The van der Waals surface area contributed by atoms with Gasteiger partial charge in [-0.15, -0.1) is 0 Å². The number of ether oxygens (including phenoxy) is 1. The van der Waals surface area contributed by atoms with Crippen molar-refractivity contribution in [3.63, 3.8) is 0 Å². The van der Waals surface area contributed by atoms with Gasteiger partial charge in [0, 0.05) is 23.9 Å². The van der Waals surface area contributed by atoms with Crippen LogP contribution in [0.2, 0.25) is 0 Å². The van der Waals surface area contributed by atoms with Crippen molar-refractivity contribution in [2.75, 3.05) is 13.7 Å². The number of halogens is 1. The molecule has 1 N–H and O–H groups in total. The highest BCUT2D eigenvalue weighted by Crippen LogP contribution is 2.24. The van der Waals surface area contributed by atoms with Crippen LogP contribution in [-0.2, 0) is 6.54 Å². The molecule has 2 rings (SSSR count). The van der Waals surface area contributed by atoms with Crippen LogP contribution in [0.15, 0.2) is 36.7 Å². The van der Waals surface area contributed by atoms with Crippen LogP contribution >= 0.6 is 0 Å². The van der Waals surface area contributed by atoms with E-state index in [0.29, 0.717) is 17.9 Å². The molecule has 0 amide bonds. The molecule has 0 atom stereocenters. The SMILES string of the molecule is CCNCc1cc(-c2cncc(OC)c2)ccc1F.